The quantitative estimate of drug-likeness (QED) is 0.317. The fraction of sp³-hybridized carbons (Fsp3) is 0.714. The van der Waals surface area contributed by atoms with E-state index in [-0.39, 0.29) is 17.9 Å². The van der Waals surface area contributed by atoms with Gasteiger partial charge in [0.2, 0.25) is 11.8 Å². The van der Waals surface area contributed by atoms with Crippen molar-refractivity contribution >= 4 is 11.8 Å². The van der Waals surface area contributed by atoms with Crippen LogP contribution in [0.1, 0.15) is 19.3 Å². The van der Waals surface area contributed by atoms with Gasteiger partial charge in [-0.3, -0.25) is 15.0 Å². The average molecular weight is 171 g/mol. The van der Waals surface area contributed by atoms with E-state index in [4.69, 9.17) is 5.84 Å². The summed E-state index contributed by atoms with van der Waals surface area (Å²) in [7, 11) is 1.71. The van der Waals surface area contributed by atoms with Crippen molar-refractivity contribution in [1.82, 2.24) is 10.3 Å². The monoisotopic (exact) mass is 171 g/mol. The van der Waals surface area contributed by atoms with Crippen molar-refractivity contribution in [2.24, 2.45) is 5.84 Å². The molecule has 1 aliphatic heterocycles. The summed E-state index contributed by atoms with van der Waals surface area (Å²) in [5.41, 5.74) is 2.05. The molecule has 1 atom stereocenters. The molecule has 1 rings (SSSR count). The SMILES string of the molecule is CN1C(=O)CC[C@@H]1CC(=O)NN. The molecule has 0 aliphatic carbocycles. The Morgan fingerprint density at radius 1 is 1.83 bits per heavy atom. The highest BCUT2D eigenvalue weighted by molar-refractivity contribution is 5.81. The van der Waals surface area contributed by atoms with E-state index in [0.29, 0.717) is 12.8 Å². The Hall–Kier alpha value is -1.10. The molecule has 0 saturated carbocycles. The zero-order chi connectivity index (χ0) is 9.14. The van der Waals surface area contributed by atoms with Crippen LogP contribution in [0.15, 0.2) is 0 Å². The van der Waals surface area contributed by atoms with Gasteiger partial charge in [-0.05, 0) is 6.42 Å². The summed E-state index contributed by atoms with van der Waals surface area (Å²) in [6.07, 6.45) is 1.60. The molecular weight excluding hydrogens is 158 g/mol. The lowest BCUT2D eigenvalue weighted by Crippen LogP contribution is -2.37. The average Bonchev–Trinajstić information content (AvgIpc) is 2.36. The third-order valence-corrected chi connectivity index (χ3v) is 2.21. The number of carbonyl (C=O) groups is 2. The summed E-state index contributed by atoms with van der Waals surface area (Å²) in [6.45, 7) is 0. The lowest BCUT2D eigenvalue weighted by Gasteiger charge is -2.18. The molecular formula is C7H13N3O2. The van der Waals surface area contributed by atoms with Crippen molar-refractivity contribution in [3.05, 3.63) is 0 Å². The minimum absolute atomic E-state index is 0.0287. The van der Waals surface area contributed by atoms with Gasteiger partial charge in [0.05, 0.1) is 0 Å². The van der Waals surface area contributed by atoms with E-state index < -0.39 is 0 Å². The van der Waals surface area contributed by atoms with E-state index in [9.17, 15) is 9.59 Å². The molecule has 0 spiro atoms. The minimum Gasteiger partial charge on any atom is -0.342 e. The van der Waals surface area contributed by atoms with Crippen molar-refractivity contribution < 1.29 is 9.59 Å². The summed E-state index contributed by atoms with van der Waals surface area (Å²) < 4.78 is 0. The second kappa shape index (κ2) is 3.53. The molecule has 5 heteroatoms. The number of likely N-dealkylation sites (tertiary alicyclic amines) is 1. The molecule has 0 aromatic heterocycles. The second-order valence-corrected chi connectivity index (χ2v) is 2.97. The summed E-state index contributed by atoms with van der Waals surface area (Å²) in [6, 6.07) is 0.0287. The molecule has 3 N–H and O–H groups in total. The highest BCUT2D eigenvalue weighted by Gasteiger charge is 2.28. The number of rotatable bonds is 2. The molecule has 1 heterocycles. The molecule has 12 heavy (non-hydrogen) atoms. The maximum absolute atomic E-state index is 11.0. The standard InChI is InChI=1S/C7H13N3O2/c1-10-5(2-3-7(10)12)4-6(11)9-8/h5H,2-4,8H2,1H3,(H,9,11)/t5-/m1/s1. The Bertz CT molecular complexity index is 205. The third kappa shape index (κ3) is 1.73. The Kier molecular flexibility index (Phi) is 2.65. The second-order valence-electron chi connectivity index (χ2n) is 2.97. The first-order valence-electron chi connectivity index (χ1n) is 3.90. The predicted octanol–water partition coefficient (Wildman–Crippen LogP) is -1.01. The van der Waals surface area contributed by atoms with Crippen molar-refractivity contribution in [1.29, 1.82) is 0 Å². The number of nitrogens with zero attached hydrogens (tertiary/aromatic N) is 1. The number of hydrogen-bond acceptors (Lipinski definition) is 3. The Balaban J connectivity index is 2.44. The first kappa shape index (κ1) is 8.99. The van der Waals surface area contributed by atoms with Gasteiger partial charge in [-0.15, -0.1) is 0 Å². The van der Waals surface area contributed by atoms with Crippen LogP contribution >= 0.6 is 0 Å². The fourth-order valence-electron chi connectivity index (χ4n) is 1.38. The Labute approximate surface area is 70.9 Å². The molecule has 1 fully saturated rings. The van der Waals surface area contributed by atoms with Crippen molar-refractivity contribution in [3.63, 3.8) is 0 Å². The zero-order valence-electron chi connectivity index (χ0n) is 7.04. The minimum atomic E-state index is -0.221. The van der Waals surface area contributed by atoms with Crippen LogP contribution < -0.4 is 11.3 Å². The summed E-state index contributed by atoms with van der Waals surface area (Å²) in [5.74, 6) is 4.81. The van der Waals surface area contributed by atoms with Gasteiger partial charge >= 0.3 is 0 Å². The maximum Gasteiger partial charge on any atom is 0.235 e. The Morgan fingerprint density at radius 3 is 2.92 bits per heavy atom. The van der Waals surface area contributed by atoms with E-state index in [1.54, 1.807) is 11.9 Å². The largest absolute Gasteiger partial charge is 0.342 e. The number of carbonyl (C=O) groups excluding carboxylic acids is 2. The smallest absolute Gasteiger partial charge is 0.235 e. The predicted molar refractivity (Wildman–Crippen MR) is 42.7 cm³/mol. The highest BCUT2D eigenvalue weighted by Crippen LogP contribution is 2.18. The first-order chi connectivity index (χ1) is 5.65. The van der Waals surface area contributed by atoms with Crippen LogP contribution in [0.5, 0.6) is 0 Å². The lowest BCUT2D eigenvalue weighted by atomic mass is 10.1. The van der Waals surface area contributed by atoms with Gasteiger partial charge in [0.1, 0.15) is 0 Å². The van der Waals surface area contributed by atoms with Crippen LogP contribution in [0, 0.1) is 0 Å². The van der Waals surface area contributed by atoms with Crippen LogP contribution in [0.25, 0.3) is 0 Å². The van der Waals surface area contributed by atoms with Gasteiger partial charge in [-0.25, -0.2) is 5.84 Å². The van der Waals surface area contributed by atoms with E-state index in [0.717, 1.165) is 6.42 Å². The van der Waals surface area contributed by atoms with Crippen molar-refractivity contribution in [2.45, 2.75) is 25.3 Å². The van der Waals surface area contributed by atoms with Crippen LogP contribution in [-0.4, -0.2) is 29.8 Å². The van der Waals surface area contributed by atoms with Gasteiger partial charge in [0, 0.05) is 25.9 Å². The van der Waals surface area contributed by atoms with Gasteiger partial charge in [0.15, 0.2) is 0 Å². The summed E-state index contributed by atoms with van der Waals surface area (Å²) in [4.78, 5) is 23.5. The molecule has 0 aromatic rings. The van der Waals surface area contributed by atoms with Crippen LogP contribution in [0.3, 0.4) is 0 Å². The van der Waals surface area contributed by atoms with Crippen LogP contribution in [0.4, 0.5) is 0 Å². The molecule has 68 valence electrons. The molecule has 2 amide bonds. The molecule has 5 nitrogen and oxygen atoms in total. The topological polar surface area (TPSA) is 75.4 Å². The zero-order valence-corrected chi connectivity index (χ0v) is 7.04. The number of nitrogens with one attached hydrogen (secondary N) is 1. The molecule has 0 bridgehead atoms. The van der Waals surface area contributed by atoms with Crippen molar-refractivity contribution in [3.8, 4) is 0 Å². The highest BCUT2D eigenvalue weighted by atomic mass is 16.2. The van der Waals surface area contributed by atoms with Crippen LogP contribution in [0.2, 0.25) is 0 Å². The van der Waals surface area contributed by atoms with E-state index in [1.165, 1.54) is 0 Å². The number of amides is 2. The third-order valence-electron chi connectivity index (χ3n) is 2.21. The molecule has 1 aliphatic rings. The van der Waals surface area contributed by atoms with E-state index in [2.05, 4.69) is 5.43 Å². The fourth-order valence-corrected chi connectivity index (χ4v) is 1.38. The molecule has 1 saturated heterocycles. The van der Waals surface area contributed by atoms with Gasteiger partial charge in [-0.1, -0.05) is 0 Å². The normalized spacial score (nSPS) is 23.0. The maximum atomic E-state index is 11.0. The van der Waals surface area contributed by atoms with Gasteiger partial charge in [0.25, 0.3) is 0 Å². The van der Waals surface area contributed by atoms with Crippen LogP contribution in [-0.2, 0) is 9.59 Å². The van der Waals surface area contributed by atoms with E-state index >= 15 is 0 Å². The summed E-state index contributed by atoms with van der Waals surface area (Å²) >= 11 is 0. The lowest BCUT2D eigenvalue weighted by molar-refractivity contribution is -0.128. The first-order valence-corrected chi connectivity index (χ1v) is 3.90. The Morgan fingerprint density at radius 2 is 2.50 bits per heavy atom. The van der Waals surface area contributed by atoms with Crippen molar-refractivity contribution in [2.75, 3.05) is 7.05 Å². The molecule has 0 unspecified atom stereocenters. The number of hydrazine groups is 1. The van der Waals surface area contributed by atoms with Gasteiger partial charge < -0.3 is 4.90 Å². The number of nitrogens with two attached hydrogens (primary N) is 1. The number of hydrogen-bond donors (Lipinski definition) is 2. The molecule has 0 aromatic carbocycles. The summed E-state index contributed by atoms with van der Waals surface area (Å²) in [5, 5.41) is 0. The van der Waals surface area contributed by atoms with E-state index in [1.807, 2.05) is 0 Å². The van der Waals surface area contributed by atoms with Gasteiger partial charge in [-0.2, -0.15) is 0 Å². The molecule has 0 radical (unpaired) electrons.